The lowest BCUT2D eigenvalue weighted by molar-refractivity contribution is -0.130. The lowest BCUT2D eigenvalue weighted by Crippen LogP contribution is -2.47. The molecule has 0 aliphatic carbocycles. The Hall–Kier alpha value is -1.14. The Morgan fingerprint density at radius 3 is 3.35 bits per heavy atom. The number of nitrogens with zero attached hydrogens (tertiary/aromatic N) is 3. The monoisotopic (exact) mass is 263 g/mol. The third kappa shape index (κ3) is 1.34. The van der Waals surface area contributed by atoms with Gasteiger partial charge < -0.3 is 0 Å². The molecular weight excluding hydrogens is 254 g/mol. The van der Waals surface area contributed by atoms with E-state index in [1.165, 1.54) is 5.69 Å². The Kier molecular flexibility index (Phi) is 1.99. The van der Waals surface area contributed by atoms with Crippen LogP contribution < -0.4 is 0 Å². The molecule has 3 aliphatic heterocycles. The molecule has 4 heterocycles. The average Bonchev–Trinajstić information content (AvgIpc) is 2.99. The second-order valence-corrected chi connectivity index (χ2v) is 6.07. The van der Waals surface area contributed by atoms with Crippen LogP contribution in [0.25, 0.3) is 6.08 Å². The number of aromatic nitrogens is 2. The summed E-state index contributed by atoms with van der Waals surface area (Å²) in [5, 5.41) is 6.63. The molecule has 86 valence electrons. The normalized spacial score (nSPS) is 27.5. The lowest BCUT2D eigenvalue weighted by Gasteiger charge is -2.35. The number of hydrogen-bond donors (Lipinski definition) is 0. The van der Waals surface area contributed by atoms with Crippen LogP contribution in [0.3, 0.4) is 0 Å². The van der Waals surface area contributed by atoms with E-state index in [0.29, 0.717) is 0 Å². The van der Waals surface area contributed by atoms with Gasteiger partial charge in [-0.3, -0.25) is 14.4 Å². The van der Waals surface area contributed by atoms with Gasteiger partial charge in [0.15, 0.2) is 0 Å². The fourth-order valence-corrected chi connectivity index (χ4v) is 4.10. The summed E-state index contributed by atoms with van der Waals surface area (Å²) in [4.78, 5) is 13.5. The molecule has 1 saturated heterocycles. The number of carbonyl (C=O) groups excluding carboxylic acids is 1. The van der Waals surface area contributed by atoms with E-state index in [1.807, 2.05) is 34.1 Å². The lowest BCUT2D eigenvalue weighted by atomic mass is 10.1. The highest BCUT2D eigenvalue weighted by molar-refractivity contribution is 8.03. The summed E-state index contributed by atoms with van der Waals surface area (Å²) in [6.07, 6.45) is 3.78. The molecule has 1 atom stereocenters. The minimum Gasteiger partial charge on any atom is -0.298 e. The first kappa shape index (κ1) is 9.85. The predicted octanol–water partition coefficient (Wildman–Crippen LogP) is 1.86. The molecule has 0 saturated carbocycles. The van der Waals surface area contributed by atoms with E-state index in [1.54, 1.807) is 16.7 Å². The molecule has 17 heavy (non-hydrogen) atoms. The maximum Gasteiger partial charge on any atom is 0.258 e. The average molecular weight is 263 g/mol. The third-order valence-corrected chi connectivity index (χ3v) is 5.02. The molecule has 0 N–H and O–H groups in total. The zero-order valence-electron chi connectivity index (χ0n) is 8.87. The first-order valence-electron chi connectivity index (χ1n) is 5.34. The van der Waals surface area contributed by atoms with E-state index >= 15 is 0 Å². The number of fused-ring (bicyclic) bond motifs is 2. The highest BCUT2D eigenvalue weighted by Crippen LogP contribution is 2.41. The van der Waals surface area contributed by atoms with Crippen LogP contribution in [-0.2, 0) is 16.4 Å². The van der Waals surface area contributed by atoms with Crippen molar-refractivity contribution in [2.24, 2.45) is 0 Å². The van der Waals surface area contributed by atoms with Gasteiger partial charge in [-0.1, -0.05) is 0 Å². The molecule has 0 unspecified atom stereocenters. The SMILES string of the molecule is O=C1/C(=C/c2cc3n(n2)CSC3)[C@H]2SC=CN12. The Morgan fingerprint density at radius 2 is 2.47 bits per heavy atom. The Balaban J connectivity index is 1.66. The number of carbonyl (C=O) groups is 1. The number of amides is 1. The standard InChI is InChI=1S/C11H9N3OS2/c15-10-9(11-13(10)1-2-17-11)4-7-3-8-5-16-6-14(8)12-7/h1-4,11H,5-6H2/b9-4-/t11-/m1/s1. The van der Waals surface area contributed by atoms with Crippen molar-refractivity contribution in [3.63, 3.8) is 0 Å². The van der Waals surface area contributed by atoms with Crippen LogP contribution in [0, 0.1) is 0 Å². The molecule has 1 amide bonds. The van der Waals surface area contributed by atoms with E-state index < -0.39 is 0 Å². The van der Waals surface area contributed by atoms with Crippen LogP contribution in [0.5, 0.6) is 0 Å². The molecule has 1 aromatic rings. The van der Waals surface area contributed by atoms with Crippen molar-refractivity contribution < 1.29 is 4.79 Å². The summed E-state index contributed by atoms with van der Waals surface area (Å²) in [6, 6.07) is 2.08. The molecule has 0 radical (unpaired) electrons. The molecule has 0 aromatic carbocycles. The van der Waals surface area contributed by atoms with Crippen LogP contribution in [0.1, 0.15) is 11.4 Å². The van der Waals surface area contributed by atoms with Crippen LogP contribution in [0.15, 0.2) is 23.2 Å². The second kappa shape index (κ2) is 3.43. The first-order valence-corrected chi connectivity index (χ1v) is 7.43. The van der Waals surface area contributed by atoms with Gasteiger partial charge in [0.2, 0.25) is 0 Å². The molecule has 4 rings (SSSR count). The van der Waals surface area contributed by atoms with E-state index in [9.17, 15) is 4.79 Å². The molecular formula is C11H9N3OS2. The molecule has 6 heteroatoms. The number of hydrogen-bond acceptors (Lipinski definition) is 4. The van der Waals surface area contributed by atoms with Gasteiger partial charge in [-0.15, -0.1) is 23.5 Å². The van der Waals surface area contributed by atoms with Crippen molar-refractivity contribution in [3.05, 3.63) is 34.6 Å². The summed E-state index contributed by atoms with van der Waals surface area (Å²) in [7, 11) is 0. The van der Waals surface area contributed by atoms with E-state index in [4.69, 9.17) is 0 Å². The second-order valence-electron chi connectivity index (χ2n) is 4.12. The summed E-state index contributed by atoms with van der Waals surface area (Å²) in [5.41, 5.74) is 3.03. The topological polar surface area (TPSA) is 38.1 Å². The van der Waals surface area contributed by atoms with Gasteiger partial charge in [-0.05, 0) is 17.6 Å². The minimum atomic E-state index is 0.110. The van der Waals surface area contributed by atoms with E-state index in [0.717, 1.165) is 22.9 Å². The molecule has 0 spiro atoms. The molecule has 3 aliphatic rings. The van der Waals surface area contributed by atoms with Crippen LogP contribution in [0.4, 0.5) is 0 Å². The van der Waals surface area contributed by atoms with Crippen molar-refractivity contribution in [1.29, 1.82) is 0 Å². The fraction of sp³-hybridized carbons (Fsp3) is 0.273. The van der Waals surface area contributed by atoms with Crippen LogP contribution >= 0.6 is 23.5 Å². The van der Waals surface area contributed by atoms with E-state index in [2.05, 4.69) is 11.2 Å². The Bertz CT molecular complexity index is 554. The minimum absolute atomic E-state index is 0.110. The van der Waals surface area contributed by atoms with Gasteiger partial charge in [-0.2, -0.15) is 5.10 Å². The van der Waals surface area contributed by atoms with Crippen molar-refractivity contribution >= 4 is 35.5 Å². The summed E-state index contributed by atoms with van der Waals surface area (Å²) < 4.78 is 2.01. The van der Waals surface area contributed by atoms with Gasteiger partial charge in [0.25, 0.3) is 5.91 Å². The van der Waals surface area contributed by atoms with Gasteiger partial charge >= 0.3 is 0 Å². The number of β-lactam (4-membered cyclic amide) rings is 1. The van der Waals surface area contributed by atoms with Crippen LogP contribution in [0.2, 0.25) is 0 Å². The third-order valence-electron chi connectivity index (χ3n) is 3.08. The van der Waals surface area contributed by atoms with Gasteiger partial charge in [0.05, 0.1) is 17.1 Å². The zero-order valence-corrected chi connectivity index (χ0v) is 10.5. The Labute approximate surface area is 107 Å². The van der Waals surface area contributed by atoms with Crippen molar-refractivity contribution in [1.82, 2.24) is 14.7 Å². The van der Waals surface area contributed by atoms with E-state index in [-0.39, 0.29) is 11.3 Å². The smallest absolute Gasteiger partial charge is 0.258 e. The number of rotatable bonds is 1. The van der Waals surface area contributed by atoms with Gasteiger partial charge in [-0.25, -0.2) is 0 Å². The quantitative estimate of drug-likeness (QED) is 0.572. The highest BCUT2D eigenvalue weighted by Gasteiger charge is 2.43. The van der Waals surface area contributed by atoms with Crippen molar-refractivity contribution in [2.45, 2.75) is 17.0 Å². The largest absolute Gasteiger partial charge is 0.298 e. The predicted molar refractivity (Wildman–Crippen MR) is 68.9 cm³/mol. The van der Waals surface area contributed by atoms with Gasteiger partial charge in [0, 0.05) is 17.6 Å². The Morgan fingerprint density at radius 1 is 1.53 bits per heavy atom. The summed E-state index contributed by atoms with van der Waals surface area (Å²) >= 11 is 3.53. The first-order chi connectivity index (χ1) is 8.33. The molecule has 4 nitrogen and oxygen atoms in total. The molecule has 1 fully saturated rings. The molecule has 1 aromatic heterocycles. The van der Waals surface area contributed by atoms with Crippen LogP contribution in [-0.4, -0.2) is 26.0 Å². The van der Waals surface area contributed by atoms with Gasteiger partial charge in [0.1, 0.15) is 5.37 Å². The highest BCUT2D eigenvalue weighted by atomic mass is 32.2. The fourth-order valence-electron chi connectivity index (χ4n) is 2.21. The summed E-state index contributed by atoms with van der Waals surface area (Å²) in [5.74, 6) is 2.06. The van der Waals surface area contributed by atoms with Crippen molar-refractivity contribution in [3.8, 4) is 0 Å². The summed E-state index contributed by atoms with van der Waals surface area (Å²) in [6.45, 7) is 0. The maximum atomic E-state index is 11.8. The number of thioether (sulfide) groups is 2. The zero-order chi connectivity index (χ0) is 11.4. The molecule has 0 bridgehead atoms. The van der Waals surface area contributed by atoms with Crippen molar-refractivity contribution in [2.75, 3.05) is 0 Å². The maximum absolute atomic E-state index is 11.8.